The number of aromatic nitrogens is 2. The molecule has 0 aliphatic carbocycles. The van der Waals surface area contributed by atoms with Crippen LogP contribution >= 0.6 is 23.1 Å². The fourth-order valence-corrected chi connectivity index (χ4v) is 3.91. The van der Waals surface area contributed by atoms with E-state index in [1.165, 1.54) is 23.1 Å². The molecule has 1 aliphatic heterocycles. The van der Waals surface area contributed by atoms with E-state index in [4.69, 9.17) is 0 Å². The van der Waals surface area contributed by atoms with Crippen molar-refractivity contribution in [2.75, 3.05) is 10.6 Å². The Morgan fingerprint density at radius 2 is 2.22 bits per heavy atom. The van der Waals surface area contributed by atoms with Gasteiger partial charge in [0.25, 0.3) is 5.91 Å². The van der Waals surface area contributed by atoms with Gasteiger partial charge in [0.15, 0.2) is 0 Å². The van der Waals surface area contributed by atoms with Crippen LogP contribution in [0.1, 0.15) is 35.6 Å². The normalized spacial score (nSPS) is 16.6. The summed E-state index contributed by atoms with van der Waals surface area (Å²) >= 11 is 2.87. The minimum atomic E-state index is -0.259. The molecule has 1 atom stereocenters. The van der Waals surface area contributed by atoms with Gasteiger partial charge in [-0.1, -0.05) is 18.3 Å². The van der Waals surface area contributed by atoms with Crippen LogP contribution in [0.5, 0.6) is 0 Å². The second-order valence-corrected chi connectivity index (χ2v) is 7.61. The third-order valence-electron chi connectivity index (χ3n) is 3.32. The van der Waals surface area contributed by atoms with Gasteiger partial charge >= 0.3 is 0 Å². The van der Waals surface area contributed by atoms with Gasteiger partial charge in [-0.05, 0) is 31.5 Å². The third kappa shape index (κ3) is 3.53. The van der Waals surface area contributed by atoms with E-state index in [0.717, 1.165) is 22.7 Å². The summed E-state index contributed by atoms with van der Waals surface area (Å²) < 4.78 is 0. The fourth-order valence-electron chi connectivity index (χ4n) is 2.14. The molecule has 3 rings (SSSR count). The molecule has 2 heterocycles. The van der Waals surface area contributed by atoms with Crippen LogP contribution < -0.4 is 10.6 Å². The van der Waals surface area contributed by atoms with E-state index in [1.807, 2.05) is 13.0 Å². The smallest absolute Gasteiger partial charge is 0.257 e. The van der Waals surface area contributed by atoms with Crippen molar-refractivity contribution in [3.8, 4) is 0 Å². The Morgan fingerprint density at radius 1 is 1.39 bits per heavy atom. The topological polar surface area (TPSA) is 84.0 Å². The van der Waals surface area contributed by atoms with Crippen molar-refractivity contribution in [2.24, 2.45) is 0 Å². The lowest BCUT2D eigenvalue weighted by Crippen LogP contribution is -2.26. The first-order chi connectivity index (χ1) is 11.1. The highest BCUT2D eigenvalue weighted by Gasteiger charge is 2.23. The summed E-state index contributed by atoms with van der Waals surface area (Å²) in [5, 5.41) is 14.9. The number of anilines is 2. The molecule has 0 spiro atoms. The van der Waals surface area contributed by atoms with Crippen LogP contribution in [0, 0.1) is 0 Å². The van der Waals surface area contributed by atoms with Gasteiger partial charge in [0.2, 0.25) is 11.0 Å². The summed E-state index contributed by atoms with van der Waals surface area (Å²) in [6.07, 6.45) is 1.84. The Balaban J connectivity index is 1.75. The van der Waals surface area contributed by atoms with E-state index in [-0.39, 0.29) is 17.1 Å². The van der Waals surface area contributed by atoms with Crippen molar-refractivity contribution in [3.63, 3.8) is 0 Å². The van der Waals surface area contributed by atoms with Crippen LogP contribution in [0.25, 0.3) is 0 Å². The number of aryl methyl sites for hydroxylation is 1. The molecule has 120 valence electrons. The average Bonchev–Trinajstić information content (AvgIpc) is 2.95. The molecule has 23 heavy (non-hydrogen) atoms. The molecule has 2 aromatic rings. The van der Waals surface area contributed by atoms with Gasteiger partial charge in [-0.2, -0.15) is 0 Å². The van der Waals surface area contributed by atoms with Crippen LogP contribution in [-0.4, -0.2) is 27.3 Å². The van der Waals surface area contributed by atoms with Crippen molar-refractivity contribution in [3.05, 3.63) is 28.8 Å². The number of thioether (sulfide) groups is 1. The zero-order valence-electron chi connectivity index (χ0n) is 12.8. The molecule has 0 bridgehead atoms. The fraction of sp³-hybridized carbons (Fsp3) is 0.333. The first-order valence-corrected chi connectivity index (χ1v) is 9.01. The zero-order valence-corrected chi connectivity index (χ0v) is 14.4. The van der Waals surface area contributed by atoms with Crippen LogP contribution in [0.3, 0.4) is 0 Å². The van der Waals surface area contributed by atoms with E-state index in [9.17, 15) is 9.59 Å². The number of rotatable bonds is 4. The maximum absolute atomic E-state index is 12.3. The molecule has 1 aromatic heterocycles. The van der Waals surface area contributed by atoms with Crippen molar-refractivity contribution < 1.29 is 9.59 Å². The Bertz CT molecular complexity index is 760. The summed E-state index contributed by atoms with van der Waals surface area (Å²) in [5.74, 6) is -0.307. The average molecular weight is 348 g/mol. The Labute approximate surface area is 142 Å². The number of carbonyl (C=O) groups excluding carboxylic acids is 2. The molecule has 1 aromatic carbocycles. The molecule has 0 radical (unpaired) electrons. The van der Waals surface area contributed by atoms with Gasteiger partial charge in [0.05, 0.1) is 10.9 Å². The molecule has 0 fully saturated rings. The molecule has 2 amide bonds. The Morgan fingerprint density at radius 3 is 3.00 bits per heavy atom. The number of fused-ring (bicyclic) bond motifs is 1. The number of amides is 2. The number of hydrogen-bond acceptors (Lipinski definition) is 6. The predicted octanol–water partition coefficient (Wildman–Crippen LogP) is 3.18. The number of hydrogen-bond donors (Lipinski definition) is 2. The minimum absolute atomic E-state index is 0.0478. The van der Waals surface area contributed by atoms with Gasteiger partial charge < -0.3 is 5.32 Å². The minimum Gasteiger partial charge on any atom is -0.324 e. The monoisotopic (exact) mass is 348 g/mol. The Hall–Kier alpha value is -1.93. The number of carbonyl (C=O) groups is 2. The molecule has 0 saturated heterocycles. The maximum atomic E-state index is 12.3. The molecule has 1 aliphatic rings. The van der Waals surface area contributed by atoms with Gasteiger partial charge in [0.1, 0.15) is 5.01 Å². The van der Waals surface area contributed by atoms with Gasteiger partial charge in [-0.25, -0.2) is 0 Å². The lowest BCUT2D eigenvalue weighted by atomic mass is 10.2. The lowest BCUT2D eigenvalue weighted by Gasteiger charge is -2.21. The highest BCUT2D eigenvalue weighted by Crippen LogP contribution is 2.36. The highest BCUT2D eigenvalue weighted by molar-refractivity contribution is 8.00. The van der Waals surface area contributed by atoms with E-state index in [1.54, 1.807) is 12.1 Å². The van der Waals surface area contributed by atoms with Crippen LogP contribution in [0.15, 0.2) is 23.1 Å². The maximum Gasteiger partial charge on any atom is 0.257 e. The van der Waals surface area contributed by atoms with Crippen molar-refractivity contribution in [1.29, 1.82) is 0 Å². The summed E-state index contributed by atoms with van der Waals surface area (Å²) in [6.45, 7) is 3.92. The first-order valence-electron chi connectivity index (χ1n) is 7.32. The van der Waals surface area contributed by atoms with E-state index >= 15 is 0 Å². The summed E-state index contributed by atoms with van der Waals surface area (Å²) in [5.41, 5.74) is 1.15. The number of benzene rings is 1. The summed E-state index contributed by atoms with van der Waals surface area (Å²) in [7, 11) is 0. The largest absolute Gasteiger partial charge is 0.324 e. The van der Waals surface area contributed by atoms with E-state index in [0.29, 0.717) is 16.4 Å². The third-order valence-corrected chi connectivity index (χ3v) is 5.40. The second kappa shape index (κ2) is 6.67. The summed E-state index contributed by atoms with van der Waals surface area (Å²) in [4.78, 5) is 25.0. The molecule has 2 N–H and O–H groups in total. The van der Waals surface area contributed by atoms with E-state index in [2.05, 4.69) is 27.8 Å². The predicted molar refractivity (Wildman–Crippen MR) is 92.2 cm³/mol. The molecular formula is C15H16N4O2S2. The molecule has 6 nitrogen and oxygen atoms in total. The SMILES string of the molecule is CCCc1nnc(NC(=O)c2ccc3c(c2)NC(=O)C(C)S3)s1. The Kier molecular flexibility index (Phi) is 4.63. The standard InChI is InChI=1S/C15H16N4O2S2/c1-3-4-12-18-19-15(23-12)17-14(21)9-5-6-11-10(7-9)16-13(20)8(2)22-11/h5-8H,3-4H2,1-2H3,(H,16,20)(H,17,19,21). The van der Waals surface area contributed by atoms with Crippen LogP contribution in [0.2, 0.25) is 0 Å². The number of nitrogens with one attached hydrogen (secondary N) is 2. The van der Waals surface area contributed by atoms with Gasteiger partial charge in [-0.3, -0.25) is 14.9 Å². The molecular weight excluding hydrogens is 332 g/mol. The van der Waals surface area contributed by atoms with Crippen molar-refractivity contribution in [1.82, 2.24) is 10.2 Å². The van der Waals surface area contributed by atoms with Crippen LogP contribution in [-0.2, 0) is 11.2 Å². The van der Waals surface area contributed by atoms with E-state index < -0.39 is 0 Å². The molecule has 8 heteroatoms. The van der Waals surface area contributed by atoms with Crippen molar-refractivity contribution >= 4 is 45.7 Å². The summed E-state index contributed by atoms with van der Waals surface area (Å²) in [6, 6.07) is 5.29. The zero-order chi connectivity index (χ0) is 16.4. The quantitative estimate of drug-likeness (QED) is 0.886. The molecule has 0 saturated carbocycles. The van der Waals surface area contributed by atoms with Gasteiger partial charge in [0, 0.05) is 16.9 Å². The molecule has 1 unspecified atom stereocenters. The second-order valence-electron chi connectivity index (χ2n) is 5.17. The van der Waals surface area contributed by atoms with Crippen molar-refractivity contribution in [2.45, 2.75) is 36.8 Å². The first kappa shape index (κ1) is 15.9. The lowest BCUT2D eigenvalue weighted by molar-refractivity contribution is -0.115. The van der Waals surface area contributed by atoms with Crippen LogP contribution in [0.4, 0.5) is 10.8 Å². The van der Waals surface area contributed by atoms with Gasteiger partial charge in [-0.15, -0.1) is 22.0 Å². The number of nitrogens with zero attached hydrogens (tertiary/aromatic N) is 2. The highest BCUT2D eigenvalue weighted by atomic mass is 32.2.